The molecule has 2 nitrogen and oxygen atoms in total. The first-order valence-electron chi connectivity index (χ1n) is 6.70. The van der Waals surface area contributed by atoms with Gasteiger partial charge in [-0.2, -0.15) is 0 Å². The molecule has 18 heavy (non-hydrogen) atoms. The Bertz CT molecular complexity index is 588. The van der Waals surface area contributed by atoms with Crippen molar-refractivity contribution in [2.45, 2.75) is 38.9 Å². The Balaban J connectivity index is 2.77. The Kier molecular flexibility index (Phi) is 3.71. The highest BCUT2D eigenvalue weighted by molar-refractivity contribution is 6.93. The molecule has 0 fully saturated rings. The normalized spacial score (nSPS) is 11.9. The summed E-state index contributed by atoms with van der Waals surface area (Å²) in [5, 5.41) is 2.35. The van der Waals surface area contributed by atoms with E-state index in [-0.39, 0.29) is 5.63 Å². The summed E-state index contributed by atoms with van der Waals surface area (Å²) in [6.45, 7) is 6.79. The smallest absolute Gasteiger partial charge is 0.336 e. The highest BCUT2D eigenvalue weighted by atomic mass is 28.3. The van der Waals surface area contributed by atoms with E-state index < -0.39 is 8.07 Å². The standard InChI is InChI=1S/C15H20O2Si/c1-4-18(5-2,6-3)13-9-7-8-12-10-11-14(16)17-15(12)13/h7-11H,4-6H2,1-3H3. The van der Waals surface area contributed by atoms with Crippen LogP contribution in [-0.4, -0.2) is 8.07 Å². The SMILES string of the molecule is CC[Si](CC)(CC)c1cccc2ccc(=O)oc12. The van der Waals surface area contributed by atoms with Crippen LogP contribution in [0.1, 0.15) is 20.8 Å². The molecule has 1 aromatic heterocycles. The topological polar surface area (TPSA) is 30.2 Å². The summed E-state index contributed by atoms with van der Waals surface area (Å²) < 4.78 is 5.48. The minimum absolute atomic E-state index is 0.249. The molecule has 0 N–H and O–H groups in total. The third kappa shape index (κ3) is 2.03. The van der Waals surface area contributed by atoms with Crippen molar-refractivity contribution in [2.75, 3.05) is 0 Å². The van der Waals surface area contributed by atoms with Gasteiger partial charge in [-0.1, -0.05) is 57.1 Å². The zero-order chi connectivity index (χ0) is 13.2. The van der Waals surface area contributed by atoms with Gasteiger partial charge in [-0.25, -0.2) is 4.79 Å². The second-order valence-corrected chi connectivity index (χ2v) is 10.0. The lowest BCUT2D eigenvalue weighted by Gasteiger charge is -2.28. The maximum atomic E-state index is 11.5. The van der Waals surface area contributed by atoms with E-state index in [2.05, 4.69) is 32.9 Å². The number of para-hydroxylation sites is 1. The fourth-order valence-electron chi connectivity index (χ4n) is 2.83. The molecule has 1 heterocycles. The molecule has 0 aliphatic carbocycles. The van der Waals surface area contributed by atoms with Crippen LogP contribution in [0.3, 0.4) is 0 Å². The lowest BCUT2D eigenvalue weighted by Crippen LogP contribution is -2.46. The van der Waals surface area contributed by atoms with Crippen LogP contribution in [0.4, 0.5) is 0 Å². The van der Waals surface area contributed by atoms with Crippen LogP contribution in [0.25, 0.3) is 11.0 Å². The van der Waals surface area contributed by atoms with Gasteiger partial charge in [0.1, 0.15) is 5.58 Å². The third-order valence-electron chi connectivity index (χ3n) is 4.25. The lowest BCUT2D eigenvalue weighted by molar-refractivity contribution is 0.563. The molecular formula is C15H20O2Si. The molecule has 3 heteroatoms. The highest BCUT2D eigenvalue weighted by Crippen LogP contribution is 2.23. The van der Waals surface area contributed by atoms with E-state index in [9.17, 15) is 4.79 Å². The van der Waals surface area contributed by atoms with Crippen LogP contribution in [0.5, 0.6) is 0 Å². The van der Waals surface area contributed by atoms with Crippen molar-refractivity contribution in [2.24, 2.45) is 0 Å². The van der Waals surface area contributed by atoms with Gasteiger partial charge < -0.3 is 4.42 Å². The maximum absolute atomic E-state index is 11.5. The van der Waals surface area contributed by atoms with E-state index >= 15 is 0 Å². The molecule has 0 aliphatic rings. The van der Waals surface area contributed by atoms with Gasteiger partial charge in [0.2, 0.25) is 0 Å². The summed E-state index contributed by atoms with van der Waals surface area (Å²) in [4.78, 5) is 11.5. The molecule has 0 spiro atoms. The zero-order valence-electron chi connectivity index (χ0n) is 11.3. The molecule has 0 aliphatic heterocycles. The summed E-state index contributed by atoms with van der Waals surface area (Å²) in [5.74, 6) is 0. The lowest BCUT2D eigenvalue weighted by atomic mass is 10.2. The second kappa shape index (κ2) is 5.10. The van der Waals surface area contributed by atoms with Crippen LogP contribution < -0.4 is 10.8 Å². The summed E-state index contributed by atoms with van der Waals surface area (Å²) in [5.41, 5.74) is 0.573. The highest BCUT2D eigenvalue weighted by Gasteiger charge is 2.31. The van der Waals surface area contributed by atoms with Crippen molar-refractivity contribution in [1.82, 2.24) is 0 Å². The first kappa shape index (κ1) is 13.1. The van der Waals surface area contributed by atoms with Crippen LogP contribution in [-0.2, 0) is 0 Å². The maximum Gasteiger partial charge on any atom is 0.336 e. The largest absolute Gasteiger partial charge is 0.423 e. The van der Waals surface area contributed by atoms with E-state index in [0.29, 0.717) is 0 Å². The number of benzene rings is 1. The fourth-order valence-corrected chi connectivity index (χ4v) is 6.60. The molecular weight excluding hydrogens is 240 g/mol. The van der Waals surface area contributed by atoms with E-state index in [1.165, 1.54) is 29.4 Å². The van der Waals surface area contributed by atoms with Crippen molar-refractivity contribution in [3.05, 3.63) is 40.8 Å². The average molecular weight is 260 g/mol. The second-order valence-electron chi connectivity index (χ2n) is 4.82. The van der Waals surface area contributed by atoms with E-state index in [1.54, 1.807) is 0 Å². The molecule has 0 atom stereocenters. The Hall–Kier alpha value is -1.35. The monoisotopic (exact) mass is 260 g/mol. The van der Waals surface area contributed by atoms with E-state index in [0.717, 1.165) is 11.0 Å². The molecule has 0 saturated carbocycles. The van der Waals surface area contributed by atoms with Crippen molar-refractivity contribution < 1.29 is 4.42 Å². The third-order valence-corrected chi connectivity index (χ3v) is 9.85. The molecule has 0 saturated heterocycles. The van der Waals surface area contributed by atoms with Crippen molar-refractivity contribution >= 4 is 24.2 Å². The van der Waals surface area contributed by atoms with Crippen LogP contribution in [0.2, 0.25) is 18.1 Å². The molecule has 0 bridgehead atoms. The van der Waals surface area contributed by atoms with Crippen LogP contribution in [0, 0.1) is 0 Å². The number of rotatable bonds is 4. The molecule has 0 unspecified atom stereocenters. The van der Waals surface area contributed by atoms with Gasteiger partial charge in [-0.15, -0.1) is 0 Å². The van der Waals surface area contributed by atoms with Crippen molar-refractivity contribution in [3.8, 4) is 0 Å². The minimum Gasteiger partial charge on any atom is -0.423 e. The average Bonchev–Trinajstić information content (AvgIpc) is 2.41. The predicted molar refractivity (Wildman–Crippen MR) is 79.3 cm³/mol. The van der Waals surface area contributed by atoms with Gasteiger partial charge in [0.05, 0.1) is 8.07 Å². The first-order valence-corrected chi connectivity index (χ1v) is 9.32. The summed E-state index contributed by atoms with van der Waals surface area (Å²) in [6, 6.07) is 13.2. The number of hydrogen-bond donors (Lipinski definition) is 0. The van der Waals surface area contributed by atoms with Gasteiger partial charge in [-0.3, -0.25) is 0 Å². The molecule has 0 radical (unpaired) electrons. The van der Waals surface area contributed by atoms with Gasteiger partial charge in [0, 0.05) is 11.5 Å². The fraction of sp³-hybridized carbons (Fsp3) is 0.400. The van der Waals surface area contributed by atoms with Crippen LogP contribution in [0.15, 0.2) is 39.5 Å². The predicted octanol–water partition coefficient (Wildman–Crippen LogP) is 3.51. The Morgan fingerprint density at radius 3 is 2.28 bits per heavy atom. The summed E-state index contributed by atoms with van der Waals surface area (Å²) in [6.07, 6.45) is 0. The molecule has 96 valence electrons. The van der Waals surface area contributed by atoms with Crippen LogP contribution >= 0.6 is 0 Å². The number of fused-ring (bicyclic) bond motifs is 1. The van der Waals surface area contributed by atoms with E-state index in [1.807, 2.05) is 12.1 Å². The quantitative estimate of drug-likeness (QED) is 0.622. The van der Waals surface area contributed by atoms with Gasteiger partial charge in [0.25, 0.3) is 0 Å². The minimum atomic E-state index is -1.51. The summed E-state index contributed by atoms with van der Waals surface area (Å²) >= 11 is 0. The Morgan fingerprint density at radius 1 is 1.00 bits per heavy atom. The molecule has 2 rings (SSSR count). The van der Waals surface area contributed by atoms with Gasteiger partial charge in [-0.05, 0) is 11.3 Å². The first-order chi connectivity index (χ1) is 8.66. The number of hydrogen-bond acceptors (Lipinski definition) is 2. The molecule has 0 amide bonds. The zero-order valence-corrected chi connectivity index (χ0v) is 12.3. The Labute approximate surface area is 109 Å². The van der Waals surface area contributed by atoms with Crippen molar-refractivity contribution in [3.63, 3.8) is 0 Å². The van der Waals surface area contributed by atoms with Gasteiger partial charge >= 0.3 is 5.63 Å². The molecule has 1 aromatic carbocycles. The van der Waals surface area contributed by atoms with E-state index in [4.69, 9.17) is 4.42 Å². The van der Waals surface area contributed by atoms with Crippen molar-refractivity contribution in [1.29, 1.82) is 0 Å². The van der Waals surface area contributed by atoms with Gasteiger partial charge in [0.15, 0.2) is 0 Å². The molecule has 2 aromatic rings. The Morgan fingerprint density at radius 2 is 1.67 bits per heavy atom. The summed E-state index contributed by atoms with van der Waals surface area (Å²) in [7, 11) is -1.51.